The Morgan fingerprint density at radius 3 is 2.59 bits per heavy atom. The Labute approximate surface area is 193 Å². The third-order valence-electron chi connectivity index (χ3n) is 5.99. The zero-order valence-corrected chi connectivity index (χ0v) is 18.6. The number of hydrogen-bond acceptors (Lipinski definition) is 6. The molecule has 1 aliphatic heterocycles. The number of imidazole rings is 1. The fourth-order valence-corrected chi connectivity index (χ4v) is 4.36. The highest BCUT2D eigenvalue weighted by Crippen LogP contribution is 2.35. The molecule has 4 aromatic heterocycles. The lowest BCUT2D eigenvalue weighted by Crippen LogP contribution is -2.64. The van der Waals surface area contributed by atoms with Gasteiger partial charge in [0.1, 0.15) is 17.0 Å². The van der Waals surface area contributed by atoms with Gasteiger partial charge in [-0.05, 0) is 13.8 Å². The maximum Gasteiger partial charge on any atom is 0.401 e. The van der Waals surface area contributed by atoms with Gasteiger partial charge in [0, 0.05) is 55.5 Å². The van der Waals surface area contributed by atoms with E-state index in [0.29, 0.717) is 22.7 Å². The van der Waals surface area contributed by atoms with Gasteiger partial charge < -0.3 is 0 Å². The summed E-state index contributed by atoms with van der Waals surface area (Å²) < 4.78 is 43.6. The smallest absolute Gasteiger partial charge is 0.290 e. The molecule has 0 amide bonds. The van der Waals surface area contributed by atoms with Gasteiger partial charge >= 0.3 is 6.18 Å². The number of nitrogens with zero attached hydrogens (tertiary/aromatic N) is 9. The Balaban J connectivity index is 1.50. The minimum atomic E-state index is -4.28. The minimum Gasteiger partial charge on any atom is -0.290 e. The van der Waals surface area contributed by atoms with Crippen LogP contribution in [0.25, 0.3) is 28.3 Å². The summed E-state index contributed by atoms with van der Waals surface area (Å²) >= 11 is 0. The highest BCUT2D eigenvalue weighted by Gasteiger charge is 2.48. The maximum absolute atomic E-state index is 12.8. The van der Waals surface area contributed by atoms with Gasteiger partial charge in [-0.2, -0.15) is 28.6 Å². The van der Waals surface area contributed by atoms with Crippen LogP contribution >= 0.6 is 0 Å². The van der Waals surface area contributed by atoms with E-state index in [0.717, 1.165) is 5.56 Å². The molecular weight excluding hydrogens is 447 g/mol. The van der Waals surface area contributed by atoms with Gasteiger partial charge in [-0.3, -0.25) is 18.7 Å². The van der Waals surface area contributed by atoms with E-state index in [1.807, 2.05) is 35.2 Å². The lowest BCUT2D eigenvalue weighted by atomic mass is 9.87. The van der Waals surface area contributed by atoms with Crippen LogP contribution in [-0.4, -0.2) is 64.6 Å². The van der Waals surface area contributed by atoms with Crippen molar-refractivity contribution in [3.63, 3.8) is 0 Å². The van der Waals surface area contributed by atoms with E-state index in [-0.39, 0.29) is 25.6 Å². The molecule has 5 heterocycles. The standard InChI is InChI=1S/C22H22F3N9/c1-15(2)33-10-16(8-28-33)18-7-19-27-5-6-32(19)20(30-18)17-9-29-34(11-17)21(3-4-26)12-31(13-21)14-22(23,24)25/h5-11,15H,3,12-14H2,1-2H3. The average molecular weight is 469 g/mol. The fraction of sp³-hybridized carbons (Fsp3) is 0.409. The third-order valence-corrected chi connectivity index (χ3v) is 5.99. The van der Waals surface area contributed by atoms with Crippen LogP contribution in [0.5, 0.6) is 0 Å². The first-order valence-corrected chi connectivity index (χ1v) is 10.8. The quantitative estimate of drug-likeness (QED) is 0.429. The third kappa shape index (κ3) is 3.92. The second-order valence-corrected chi connectivity index (χ2v) is 8.92. The lowest BCUT2D eigenvalue weighted by Gasteiger charge is -2.49. The molecule has 0 N–H and O–H groups in total. The summed E-state index contributed by atoms with van der Waals surface area (Å²) in [7, 11) is 0. The van der Waals surface area contributed by atoms with E-state index >= 15 is 0 Å². The number of halogens is 3. The summed E-state index contributed by atoms with van der Waals surface area (Å²) in [4.78, 5) is 10.5. The van der Waals surface area contributed by atoms with Crippen molar-refractivity contribution < 1.29 is 13.2 Å². The molecule has 0 aromatic carbocycles. The summed E-state index contributed by atoms with van der Waals surface area (Å²) in [6.45, 7) is 3.27. The normalized spacial score (nSPS) is 16.1. The molecule has 34 heavy (non-hydrogen) atoms. The van der Waals surface area contributed by atoms with Crippen LogP contribution in [0.1, 0.15) is 26.3 Å². The molecule has 0 spiro atoms. The molecule has 0 unspecified atom stereocenters. The van der Waals surface area contributed by atoms with Gasteiger partial charge in [-0.25, -0.2) is 9.97 Å². The van der Waals surface area contributed by atoms with Crippen molar-refractivity contribution in [2.24, 2.45) is 0 Å². The molecule has 4 aromatic rings. The second-order valence-electron chi connectivity index (χ2n) is 8.92. The van der Waals surface area contributed by atoms with E-state index in [1.54, 1.807) is 35.7 Å². The van der Waals surface area contributed by atoms with E-state index in [1.165, 1.54) is 4.90 Å². The number of alkyl halides is 3. The van der Waals surface area contributed by atoms with Crippen molar-refractivity contribution in [3.05, 3.63) is 43.2 Å². The molecule has 12 heteroatoms. The van der Waals surface area contributed by atoms with Crippen molar-refractivity contribution >= 4 is 5.65 Å². The number of hydrogen-bond donors (Lipinski definition) is 0. The Kier molecular flexibility index (Phi) is 5.16. The lowest BCUT2D eigenvalue weighted by molar-refractivity contribution is -0.167. The molecule has 0 saturated carbocycles. The van der Waals surface area contributed by atoms with Gasteiger partial charge in [0.25, 0.3) is 0 Å². The predicted molar refractivity (Wildman–Crippen MR) is 117 cm³/mol. The van der Waals surface area contributed by atoms with Gasteiger partial charge in [0.15, 0.2) is 0 Å². The number of likely N-dealkylation sites (tertiary alicyclic amines) is 1. The van der Waals surface area contributed by atoms with E-state index in [2.05, 4.69) is 21.3 Å². The summed E-state index contributed by atoms with van der Waals surface area (Å²) in [5.74, 6) is 0.590. The van der Waals surface area contributed by atoms with Crippen LogP contribution in [0.2, 0.25) is 0 Å². The van der Waals surface area contributed by atoms with Gasteiger partial charge in [0.05, 0.1) is 42.7 Å². The zero-order chi connectivity index (χ0) is 24.1. The number of nitriles is 1. The highest BCUT2D eigenvalue weighted by atomic mass is 19.4. The van der Waals surface area contributed by atoms with Crippen LogP contribution in [0.4, 0.5) is 13.2 Å². The molecule has 0 radical (unpaired) electrons. The first kappa shape index (κ1) is 22.1. The predicted octanol–water partition coefficient (Wildman–Crippen LogP) is 3.52. The van der Waals surface area contributed by atoms with E-state index in [4.69, 9.17) is 4.98 Å². The van der Waals surface area contributed by atoms with Crippen LogP contribution in [0.3, 0.4) is 0 Å². The number of rotatable bonds is 6. The zero-order valence-electron chi connectivity index (χ0n) is 18.6. The monoisotopic (exact) mass is 469 g/mol. The summed E-state index contributed by atoms with van der Waals surface area (Å²) in [5, 5.41) is 18.1. The molecule has 1 fully saturated rings. The molecule has 0 bridgehead atoms. The van der Waals surface area contributed by atoms with Crippen LogP contribution in [-0.2, 0) is 5.54 Å². The van der Waals surface area contributed by atoms with Crippen molar-refractivity contribution in [1.82, 2.24) is 38.8 Å². The van der Waals surface area contributed by atoms with Gasteiger partial charge in [-0.1, -0.05) is 0 Å². The SMILES string of the molecule is CC(C)n1cc(-c2cc3nccn3c(-c3cnn(C4(CC#N)CN(CC(F)(F)F)C4)c3)n2)cn1. The maximum atomic E-state index is 12.8. The molecule has 0 aliphatic carbocycles. The topological polar surface area (TPSA) is 92.9 Å². The first-order chi connectivity index (χ1) is 16.2. The number of aromatic nitrogens is 7. The fourth-order valence-electron chi connectivity index (χ4n) is 4.36. The first-order valence-electron chi connectivity index (χ1n) is 10.8. The van der Waals surface area contributed by atoms with Gasteiger partial charge in [-0.15, -0.1) is 0 Å². The number of fused-ring (bicyclic) bond motifs is 1. The summed E-state index contributed by atoms with van der Waals surface area (Å²) in [5.41, 5.74) is 2.10. The molecule has 5 rings (SSSR count). The summed E-state index contributed by atoms with van der Waals surface area (Å²) in [6.07, 6.45) is 6.27. The molecule has 1 saturated heterocycles. The average Bonchev–Trinajstić information content (AvgIpc) is 3.50. The van der Waals surface area contributed by atoms with Crippen molar-refractivity contribution in [2.75, 3.05) is 19.6 Å². The molecule has 176 valence electrons. The van der Waals surface area contributed by atoms with Crippen LogP contribution in [0, 0.1) is 11.3 Å². The Morgan fingerprint density at radius 2 is 1.91 bits per heavy atom. The van der Waals surface area contributed by atoms with Gasteiger partial charge in [0.2, 0.25) is 0 Å². The Hall–Kier alpha value is -3.72. The van der Waals surface area contributed by atoms with E-state index in [9.17, 15) is 18.4 Å². The minimum absolute atomic E-state index is 0.0603. The van der Waals surface area contributed by atoms with Crippen molar-refractivity contribution in [2.45, 2.75) is 38.0 Å². The largest absolute Gasteiger partial charge is 0.401 e. The highest BCUT2D eigenvalue weighted by molar-refractivity contribution is 5.68. The Bertz CT molecular complexity index is 1370. The second kappa shape index (κ2) is 7.95. The Morgan fingerprint density at radius 1 is 1.15 bits per heavy atom. The molecule has 0 atom stereocenters. The van der Waals surface area contributed by atoms with Crippen molar-refractivity contribution in [1.29, 1.82) is 5.26 Å². The molecule has 9 nitrogen and oxygen atoms in total. The van der Waals surface area contributed by atoms with Crippen molar-refractivity contribution in [3.8, 4) is 28.7 Å². The van der Waals surface area contributed by atoms with E-state index < -0.39 is 18.3 Å². The molecular formula is C22H22F3N9. The summed E-state index contributed by atoms with van der Waals surface area (Å²) in [6, 6.07) is 4.17. The molecule has 1 aliphatic rings. The van der Waals surface area contributed by atoms with Crippen LogP contribution < -0.4 is 0 Å². The van der Waals surface area contributed by atoms with Crippen LogP contribution in [0.15, 0.2) is 43.2 Å².